The summed E-state index contributed by atoms with van der Waals surface area (Å²) >= 11 is 0. The molecule has 0 aliphatic rings. The van der Waals surface area contributed by atoms with Gasteiger partial charge in [-0.25, -0.2) is 0 Å². The Morgan fingerprint density at radius 3 is 2.27 bits per heavy atom. The van der Waals surface area contributed by atoms with E-state index in [4.69, 9.17) is 11.5 Å². The summed E-state index contributed by atoms with van der Waals surface area (Å²) in [5.41, 5.74) is 0. The first-order valence-corrected chi connectivity index (χ1v) is 3.76. The van der Waals surface area contributed by atoms with Crippen LogP contribution in [0.3, 0.4) is 0 Å². The fourth-order valence-corrected chi connectivity index (χ4v) is 0.789. The molecule has 0 aromatic rings. The molecule has 0 aliphatic carbocycles. The quantitative estimate of drug-likeness (QED) is 0.705. The zero-order valence-corrected chi connectivity index (χ0v) is 7.54. The Kier molecular flexibility index (Phi) is 4.64. The van der Waals surface area contributed by atoms with E-state index in [2.05, 4.69) is 0 Å². The van der Waals surface area contributed by atoms with E-state index in [9.17, 15) is 22.8 Å². The molecule has 0 heterocycles. The van der Waals surface area contributed by atoms with Crippen molar-refractivity contribution in [2.24, 2.45) is 0 Å². The Bertz CT molecular complexity index is 292. The predicted octanol–water partition coefficient (Wildman–Crippen LogP) is 0.485. The van der Waals surface area contributed by atoms with E-state index in [0.29, 0.717) is 4.90 Å². The van der Waals surface area contributed by atoms with E-state index in [-0.39, 0.29) is 0 Å². The van der Waals surface area contributed by atoms with E-state index in [1.807, 2.05) is 5.92 Å². The lowest BCUT2D eigenvalue weighted by Gasteiger charge is -2.18. The highest BCUT2D eigenvalue weighted by molar-refractivity contribution is 5.82. The van der Waals surface area contributed by atoms with Crippen molar-refractivity contribution in [2.45, 2.75) is 12.6 Å². The molecule has 0 unspecified atom stereocenters. The molecule has 0 aromatic heterocycles. The van der Waals surface area contributed by atoms with Crippen LogP contribution < -0.4 is 0 Å². The van der Waals surface area contributed by atoms with Gasteiger partial charge in [-0.1, -0.05) is 5.92 Å². The molecule has 0 aromatic carbocycles. The minimum absolute atomic E-state index is 0.454. The van der Waals surface area contributed by atoms with E-state index in [0.717, 1.165) is 0 Å². The Labute approximate surface area is 83.7 Å². The second-order valence-corrected chi connectivity index (χ2v) is 2.64. The van der Waals surface area contributed by atoms with Crippen molar-refractivity contribution in [1.29, 1.82) is 0 Å². The molecule has 0 aliphatic heterocycles. The molecule has 0 radical (unpaired) electrons. The number of carbonyl (C=O) groups is 2. The standard InChI is InChI=1S/C8H8F3NO3/c1-2-3-12(5-7(14)15)6(13)4-8(9,10)11/h1H,3-5H2,(H,14,15). The molecule has 0 spiro atoms. The smallest absolute Gasteiger partial charge is 0.397 e. The highest BCUT2D eigenvalue weighted by Crippen LogP contribution is 2.20. The fourth-order valence-electron chi connectivity index (χ4n) is 0.789. The Morgan fingerprint density at radius 2 is 1.93 bits per heavy atom. The van der Waals surface area contributed by atoms with E-state index >= 15 is 0 Å². The first-order valence-electron chi connectivity index (χ1n) is 3.76. The highest BCUT2D eigenvalue weighted by atomic mass is 19.4. The van der Waals surface area contributed by atoms with Gasteiger partial charge in [0.25, 0.3) is 0 Å². The first-order chi connectivity index (χ1) is 6.76. The third kappa shape index (κ3) is 6.37. The number of nitrogens with zero attached hydrogens (tertiary/aromatic N) is 1. The van der Waals surface area contributed by atoms with Gasteiger partial charge in [-0.15, -0.1) is 6.42 Å². The van der Waals surface area contributed by atoms with Gasteiger partial charge in [-0.05, 0) is 0 Å². The van der Waals surface area contributed by atoms with Gasteiger partial charge in [0.1, 0.15) is 13.0 Å². The fraction of sp³-hybridized carbons (Fsp3) is 0.500. The Hall–Kier alpha value is -1.71. The van der Waals surface area contributed by atoms with E-state index in [1.165, 1.54) is 0 Å². The van der Waals surface area contributed by atoms with Gasteiger partial charge < -0.3 is 10.0 Å². The summed E-state index contributed by atoms with van der Waals surface area (Å²) in [5.74, 6) is -0.846. The number of carboxylic acids is 1. The summed E-state index contributed by atoms with van der Waals surface area (Å²) in [5, 5.41) is 8.31. The van der Waals surface area contributed by atoms with Crippen LogP contribution in [-0.4, -0.2) is 41.1 Å². The molecule has 4 nitrogen and oxygen atoms in total. The second kappa shape index (κ2) is 5.24. The number of aliphatic carboxylic acids is 1. The molecule has 1 amide bonds. The molecule has 15 heavy (non-hydrogen) atoms. The minimum Gasteiger partial charge on any atom is -0.480 e. The molecule has 0 bridgehead atoms. The molecule has 0 fully saturated rings. The van der Waals surface area contributed by atoms with Gasteiger partial charge in [-0.2, -0.15) is 13.2 Å². The summed E-state index contributed by atoms with van der Waals surface area (Å²) in [6, 6.07) is 0. The summed E-state index contributed by atoms with van der Waals surface area (Å²) in [7, 11) is 0. The van der Waals surface area contributed by atoms with Crippen LogP contribution in [0.5, 0.6) is 0 Å². The number of carbonyl (C=O) groups excluding carboxylic acids is 1. The third-order valence-corrected chi connectivity index (χ3v) is 1.31. The zero-order valence-electron chi connectivity index (χ0n) is 7.54. The molecule has 0 saturated heterocycles. The number of carboxylic acid groups (broad SMARTS) is 1. The molecule has 0 atom stereocenters. The van der Waals surface area contributed by atoms with Crippen LogP contribution in [0.1, 0.15) is 6.42 Å². The molecule has 0 rings (SSSR count). The molecular weight excluding hydrogens is 215 g/mol. The van der Waals surface area contributed by atoms with Crippen LogP contribution in [0.2, 0.25) is 0 Å². The van der Waals surface area contributed by atoms with Gasteiger partial charge in [0.15, 0.2) is 0 Å². The monoisotopic (exact) mass is 223 g/mol. The third-order valence-electron chi connectivity index (χ3n) is 1.31. The average molecular weight is 223 g/mol. The van der Waals surface area contributed by atoms with Gasteiger partial charge in [-0.3, -0.25) is 9.59 Å². The zero-order chi connectivity index (χ0) is 12.1. The van der Waals surface area contributed by atoms with Crippen LogP contribution in [0, 0.1) is 12.3 Å². The van der Waals surface area contributed by atoms with Crippen LogP contribution >= 0.6 is 0 Å². The number of hydrogen-bond donors (Lipinski definition) is 1. The normalized spacial score (nSPS) is 10.5. The van der Waals surface area contributed by atoms with Crippen LogP contribution in [0.4, 0.5) is 13.2 Å². The number of hydrogen-bond acceptors (Lipinski definition) is 2. The lowest BCUT2D eigenvalue weighted by molar-refractivity contribution is -0.163. The van der Waals surface area contributed by atoms with Crippen molar-refractivity contribution in [3.63, 3.8) is 0 Å². The molecule has 1 N–H and O–H groups in total. The number of halogens is 3. The lowest BCUT2D eigenvalue weighted by Crippen LogP contribution is -2.38. The van der Waals surface area contributed by atoms with Gasteiger partial charge in [0.2, 0.25) is 5.91 Å². The lowest BCUT2D eigenvalue weighted by atomic mass is 10.3. The second-order valence-electron chi connectivity index (χ2n) is 2.64. The van der Waals surface area contributed by atoms with Crippen LogP contribution in [-0.2, 0) is 9.59 Å². The summed E-state index contributed by atoms with van der Waals surface area (Å²) in [4.78, 5) is 21.6. The van der Waals surface area contributed by atoms with Crippen LogP contribution in [0.15, 0.2) is 0 Å². The van der Waals surface area contributed by atoms with Gasteiger partial charge >= 0.3 is 12.1 Å². The van der Waals surface area contributed by atoms with Crippen molar-refractivity contribution < 1.29 is 27.9 Å². The summed E-state index contributed by atoms with van der Waals surface area (Å²) in [6.45, 7) is -1.29. The van der Waals surface area contributed by atoms with Crippen molar-refractivity contribution in [2.75, 3.05) is 13.1 Å². The number of amides is 1. The number of rotatable bonds is 4. The topological polar surface area (TPSA) is 57.6 Å². The van der Waals surface area contributed by atoms with Crippen molar-refractivity contribution >= 4 is 11.9 Å². The molecule has 7 heteroatoms. The van der Waals surface area contributed by atoms with E-state index in [1.54, 1.807) is 0 Å². The number of terminal acetylenes is 1. The maximum Gasteiger partial charge on any atom is 0.397 e. The predicted molar refractivity (Wildman–Crippen MR) is 43.7 cm³/mol. The maximum atomic E-state index is 11.8. The summed E-state index contributed by atoms with van der Waals surface area (Å²) < 4.78 is 35.4. The summed E-state index contributed by atoms with van der Waals surface area (Å²) in [6.07, 6.45) is -1.58. The minimum atomic E-state index is -4.66. The number of alkyl halides is 3. The average Bonchev–Trinajstić information content (AvgIpc) is 1.99. The van der Waals surface area contributed by atoms with Crippen molar-refractivity contribution in [3.8, 4) is 12.3 Å². The molecule has 84 valence electrons. The van der Waals surface area contributed by atoms with Gasteiger partial charge in [0, 0.05) is 0 Å². The molecule has 0 saturated carbocycles. The maximum absolute atomic E-state index is 11.8. The van der Waals surface area contributed by atoms with E-state index < -0.39 is 37.6 Å². The highest BCUT2D eigenvalue weighted by Gasteiger charge is 2.33. The van der Waals surface area contributed by atoms with Crippen molar-refractivity contribution in [3.05, 3.63) is 0 Å². The van der Waals surface area contributed by atoms with Gasteiger partial charge in [0.05, 0.1) is 6.54 Å². The largest absolute Gasteiger partial charge is 0.480 e. The Balaban J connectivity index is 4.43. The first kappa shape index (κ1) is 13.3. The Morgan fingerprint density at radius 1 is 1.40 bits per heavy atom. The van der Waals surface area contributed by atoms with Crippen LogP contribution in [0.25, 0.3) is 0 Å². The molecular formula is C8H8F3NO3. The van der Waals surface area contributed by atoms with Crippen molar-refractivity contribution in [1.82, 2.24) is 4.90 Å². The SMILES string of the molecule is C#CCN(CC(=O)O)C(=O)CC(F)(F)F.